The highest BCUT2D eigenvalue weighted by atomic mass is 31.1. The minimum atomic E-state index is -0.111. The summed E-state index contributed by atoms with van der Waals surface area (Å²) in [4.78, 5) is 0. The molecular formula is C47H66P2. The van der Waals surface area contributed by atoms with Crippen LogP contribution in [-0.4, -0.2) is 20.6 Å². The van der Waals surface area contributed by atoms with Crippen LogP contribution in [0, 0.1) is 71.0 Å². The van der Waals surface area contributed by atoms with E-state index in [0.717, 1.165) is 81.3 Å². The molecule has 17 rings (SSSR count). The van der Waals surface area contributed by atoms with Crippen LogP contribution in [0.4, 0.5) is 0 Å². The molecule has 49 heavy (non-hydrogen) atoms. The van der Waals surface area contributed by atoms with Crippen LogP contribution < -0.4 is 5.30 Å². The van der Waals surface area contributed by atoms with Crippen molar-refractivity contribution in [3.8, 4) is 0 Å². The van der Waals surface area contributed by atoms with Crippen molar-refractivity contribution in [2.45, 2.75) is 181 Å². The van der Waals surface area contributed by atoms with Gasteiger partial charge in [-0.05, 0) is 263 Å². The highest BCUT2D eigenvalue weighted by Gasteiger charge is 2.65. The molecule has 0 saturated heterocycles. The molecule has 1 aromatic carbocycles. The van der Waals surface area contributed by atoms with Gasteiger partial charge in [0.2, 0.25) is 0 Å². The van der Waals surface area contributed by atoms with Crippen LogP contribution >= 0.6 is 15.8 Å². The summed E-state index contributed by atoms with van der Waals surface area (Å²) in [5.41, 5.74) is 2.00. The lowest BCUT2D eigenvalue weighted by molar-refractivity contribution is 0.0184. The van der Waals surface area contributed by atoms with Gasteiger partial charge in [-0.2, -0.15) is 0 Å². The van der Waals surface area contributed by atoms with E-state index >= 15 is 0 Å². The van der Waals surface area contributed by atoms with E-state index in [2.05, 4.69) is 29.6 Å². The zero-order valence-electron chi connectivity index (χ0n) is 30.8. The standard InChI is InChI=1S/C47H66P2/c1-2-4-43(49(46-23-36-11-37(24-46)13-38(12-36)25-46)47-26-39-14-40(27-47)16-41(15-39)28-47)42(3-1)29-48(44-17-30-5-31(18-44)7-32(6-30)19-44)45-20-33-8-34(21-45)10-35(9-33)22-45/h1-4,30-41H,5-29H2. The van der Waals surface area contributed by atoms with Crippen LogP contribution in [0.5, 0.6) is 0 Å². The van der Waals surface area contributed by atoms with E-state index in [1.807, 2.05) is 5.56 Å². The molecule has 2 heteroatoms. The first-order valence-corrected chi connectivity index (χ1v) is 25.4. The van der Waals surface area contributed by atoms with Gasteiger partial charge in [0.25, 0.3) is 0 Å². The molecule has 16 aliphatic rings. The summed E-state index contributed by atoms with van der Waals surface area (Å²) in [6, 6.07) is 10.9. The summed E-state index contributed by atoms with van der Waals surface area (Å²) in [7, 11) is -0.0934. The van der Waals surface area contributed by atoms with Crippen molar-refractivity contribution in [1.82, 2.24) is 0 Å². The first kappa shape index (κ1) is 30.4. The van der Waals surface area contributed by atoms with Crippen molar-refractivity contribution in [2.24, 2.45) is 71.0 Å². The Kier molecular flexibility index (Phi) is 6.47. The first-order valence-electron chi connectivity index (χ1n) is 22.6. The molecule has 0 spiro atoms. The molecule has 0 nitrogen and oxygen atoms in total. The summed E-state index contributed by atoms with van der Waals surface area (Å²) >= 11 is 0. The second-order valence-corrected chi connectivity index (χ2v) is 29.2. The molecule has 264 valence electrons. The SMILES string of the molecule is c1ccc(P(C23CC4CC(CC(C4)C2)C3)C23CC4CC(CC(C4)C2)C3)c(CP(C23CC4CC(CC(C4)C2)C3)C23CC4CC(CC(C4)C2)C3)c1. The smallest absolute Gasteiger partial charge is 0.00413 e. The van der Waals surface area contributed by atoms with E-state index in [0.29, 0.717) is 10.3 Å². The van der Waals surface area contributed by atoms with Crippen molar-refractivity contribution >= 4 is 21.1 Å². The zero-order chi connectivity index (χ0) is 31.7. The molecular weight excluding hydrogens is 626 g/mol. The first-order chi connectivity index (χ1) is 23.9. The number of hydrogen-bond donors (Lipinski definition) is 0. The summed E-state index contributed by atoms with van der Waals surface area (Å²) in [6.45, 7) is 0. The molecule has 0 radical (unpaired) electrons. The van der Waals surface area contributed by atoms with Crippen LogP contribution in [0.25, 0.3) is 0 Å². The molecule has 0 heterocycles. The number of hydrogen-bond acceptors (Lipinski definition) is 0. The van der Waals surface area contributed by atoms with E-state index in [1.54, 1.807) is 160 Å². The predicted molar refractivity (Wildman–Crippen MR) is 207 cm³/mol. The van der Waals surface area contributed by atoms with Gasteiger partial charge in [0.05, 0.1) is 0 Å². The fourth-order valence-corrected chi connectivity index (χ4v) is 31.0. The Morgan fingerprint density at radius 2 is 0.633 bits per heavy atom. The Labute approximate surface area is 301 Å². The Morgan fingerprint density at radius 1 is 0.367 bits per heavy atom. The fraction of sp³-hybridized carbons (Fsp3) is 0.872. The summed E-state index contributed by atoms with van der Waals surface area (Å²) in [5, 5.41) is 5.00. The molecule has 16 bridgehead atoms. The van der Waals surface area contributed by atoms with Gasteiger partial charge in [0.15, 0.2) is 0 Å². The van der Waals surface area contributed by atoms with Crippen LogP contribution in [0.3, 0.4) is 0 Å². The lowest BCUT2D eigenvalue weighted by atomic mass is 9.55. The normalized spacial score (nSPS) is 57.7. The Morgan fingerprint density at radius 3 is 0.939 bits per heavy atom. The maximum absolute atomic E-state index is 2.88. The van der Waals surface area contributed by atoms with E-state index in [9.17, 15) is 0 Å². The van der Waals surface area contributed by atoms with Crippen LogP contribution in [0.2, 0.25) is 0 Å². The van der Waals surface area contributed by atoms with Gasteiger partial charge >= 0.3 is 0 Å². The second kappa shape index (κ2) is 10.4. The molecule has 0 unspecified atom stereocenters. The van der Waals surface area contributed by atoms with Crippen molar-refractivity contribution in [3.05, 3.63) is 29.8 Å². The van der Waals surface area contributed by atoms with Crippen molar-refractivity contribution in [2.75, 3.05) is 0 Å². The largest absolute Gasteiger partial charge is 0.0894 e. The second-order valence-electron chi connectivity index (χ2n) is 23.1. The van der Waals surface area contributed by atoms with Gasteiger partial charge in [-0.3, -0.25) is 0 Å². The highest BCUT2D eigenvalue weighted by Crippen LogP contribution is 2.82. The molecule has 16 fully saturated rings. The van der Waals surface area contributed by atoms with Crippen molar-refractivity contribution < 1.29 is 0 Å². The third kappa shape index (κ3) is 4.47. The zero-order valence-corrected chi connectivity index (χ0v) is 32.6. The van der Waals surface area contributed by atoms with Gasteiger partial charge in [0.1, 0.15) is 0 Å². The van der Waals surface area contributed by atoms with Gasteiger partial charge in [0, 0.05) is 0 Å². The monoisotopic (exact) mass is 692 g/mol. The van der Waals surface area contributed by atoms with E-state index in [1.165, 1.54) is 0 Å². The lowest BCUT2D eigenvalue weighted by Crippen LogP contribution is -2.58. The molecule has 1 aromatic rings. The Hall–Kier alpha value is 0.0800. The van der Waals surface area contributed by atoms with Crippen LogP contribution in [0.1, 0.15) is 160 Å². The molecule has 16 saturated carbocycles. The quantitative estimate of drug-likeness (QED) is 0.250. The van der Waals surface area contributed by atoms with Crippen molar-refractivity contribution in [3.63, 3.8) is 0 Å². The van der Waals surface area contributed by atoms with Crippen LogP contribution in [0.15, 0.2) is 24.3 Å². The fourth-order valence-electron chi connectivity index (χ4n) is 20.4. The van der Waals surface area contributed by atoms with Gasteiger partial charge in [-0.25, -0.2) is 0 Å². The maximum atomic E-state index is 2.88. The summed E-state index contributed by atoms with van der Waals surface area (Å²) in [5.74, 6) is 13.2. The average Bonchev–Trinajstić information content (AvgIpc) is 3.01. The molecule has 0 atom stereocenters. The van der Waals surface area contributed by atoms with Gasteiger partial charge < -0.3 is 0 Å². The third-order valence-electron chi connectivity index (χ3n) is 19.7. The average molecular weight is 693 g/mol. The van der Waals surface area contributed by atoms with Crippen molar-refractivity contribution in [1.29, 1.82) is 0 Å². The van der Waals surface area contributed by atoms with E-state index < -0.39 is 0 Å². The predicted octanol–water partition coefficient (Wildman–Crippen LogP) is 12.7. The highest BCUT2D eigenvalue weighted by molar-refractivity contribution is 7.69. The molecule has 16 aliphatic carbocycles. The maximum Gasteiger partial charge on any atom is -0.00413 e. The molecule has 0 amide bonds. The van der Waals surface area contributed by atoms with Gasteiger partial charge in [-0.1, -0.05) is 40.1 Å². The molecule has 0 aromatic heterocycles. The third-order valence-corrected chi connectivity index (χ3v) is 27.6. The lowest BCUT2D eigenvalue weighted by Gasteiger charge is -2.68. The summed E-state index contributed by atoms with van der Waals surface area (Å²) in [6.07, 6.45) is 41.0. The molecule has 0 N–H and O–H groups in total. The summed E-state index contributed by atoms with van der Waals surface area (Å²) < 4.78 is 0. The number of rotatable bonds is 7. The molecule has 0 aliphatic heterocycles. The number of benzene rings is 1. The van der Waals surface area contributed by atoms with Gasteiger partial charge in [-0.15, -0.1) is 0 Å². The minimum absolute atomic E-state index is 0.0179. The van der Waals surface area contributed by atoms with Crippen LogP contribution in [-0.2, 0) is 6.16 Å². The Balaban J connectivity index is 0.959. The topological polar surface area (TPSA) is 0 Å². The van der Waals surface area contributed by atoms with E-state index in [-0.39, 0.29) is 15.8 Å². The van der Waals surface area contributed by atoms with E-state index in [4.69, 9.17) is 0 Å². The minimum Gasteiger partial charge on any atom is -0.0894 e. The Bertz CT molecular complexity index is 1290.